The van der Waals surface area contributed by atoms with Crippen molar-refractivity contribution in [3.63, 3.8) is 0 Å². The van der Waals surface area contributed by atoms with E-state index < -0.39 is 6.16 Å². The van der Waals surface area contributed by atoms with Gasteiger partial charge in [0.2, 0.25) is 5.88 Å². The fourth-order valence-corrected chi connectivity index (χ4v) is 3.00. The van der Waals surface area contributed by atoms with Crippen LogP contribution in [-0.2, 0) is 13.0 Å². The molecule has 0 spiro atoms. The normalized spacial score (nSPS) is 10.8. The van der Waals surface area contributed by atoms with Crippen molar-refractivity contribution in [2.24, 2.45) is 0 Å². The van der Waals surface area contributed by atoms with Crippen molar-refractivity contribution in [3.05, 3.63) is 57.6 Å². The fraction of sp³-hybridized carbons (Fsp3) is 0.222. The number of halogens is 2. The van der Waals surface area contributed by atoms with Crippen LogP contribution in [0.15, 0.2) is 30.6 Å². The number of nitrogens with zero attached hydrogens (tertiary/aromatic N) is 4. The molecule has 0 bridgehead atoms. The van der Waals surface area contributed by atoms with Crippen LogP contribution in [0.1, 0.15) is 23.9 Å². The number of hydrogen-bond acceptors (Lipinski definition) is 5. The van der Waals surface area contributed by atoms with Gasteiger partial charge in [-0.25, -0.2) is 14.8 Å². The fourth-order valence-electron chi connectivity index (χ4n) is 2.63. The van der Waals surface area contributed by atoms with Gasteiger partial charge in [-0.05, 0) is 37.1 Å². The Labute approximate surface area is 165 Å². The van der Waals surface area contributed by atoms with Crippen LogP contribution < -0.4 is 4.74 Å². The molecule has 0 unspecified atom stereocenters. The summed E-state index contributed by atoms with van der Waals surface area (Å²) in [5.74, 6) is 0.528. The summed E-state index contributed by atoms with van der Waals surface area (Å²) in [4.78, 5) is 24.3. The Morgan fingerprint density at radius 3 is 2.74 bits per heavy atom. The zero-order valence-corrected chi connectivity index (χ0v) is 16.1. The number of benzene rings is 1. The Kier molecular flexibility index (Phi) is 5.62. The van der Waals surface area contributed by atoms with Gasteiger partial charge >= 0.3 is 6.16 Å². The Hall–Kier alpha value is -2.64. The summed E-state index contributed by atoms with van der Waals surface area (Å²) in [6.07, 6.45) is 2.52. The number of carboxylic acid groups (broad SMARTS) is 1. The van der Waals surface area contributed by atoms with Crippen LogP contribution in [0.3, 0.4) is 0 Å². The molecule has 0 aliphatic heterocycles. The van der Waals surface area contributed by atoms with Gasteiger partial charge in [0.15, 0.2) is 5.82 Å². The summed E-state index contributed by atoms with van der Waals surface area (Å²) in [5.41, 5.74) is 2.41. The van der Waals surface area contributed by atoms with Gasteiger partial charge in [-0.1, -0.05) is 30.1 Å². The van der Waals surface area contributed by atoms with E-state index in [0.29, 0.717) is 39.2 Å². The predicted molar refractivity (Wildman–Crippen MR) is 102 cm³/mol. The molecular weight excluding hydrogens is 391 g/mol. The summed E-state index contributed by atoms with van der Waals surface area (Å²) < 4.78 is 6.57. The third-order valence-electron chi connectivity index (χ3n) is 3.88. The van der Waals surface area contributed by atoms with Gasteiger partial charge in [-0.15, -0.1) is 0 Å². The number of hydrogen-bond donors (Lipinski definition) is 1. The second kappa shape index (κ2) is 7.94. The highest BCUT2D eigenvalue weighted by Gasteiger charge is 2.22. The second-order valence-electron chi connectivity index (χ2n) is 5.77. The SMILES string of the molecule is CCc1cncc(-c2nc(C)c(OC(=O)O)n2Cc2cc(Cl)ccc2Cl)n1. The predicted octanol–water partition coefficient (Wildman–Crippen LogP) is 4.62. The van der Waals surface area contributed by atoms with Crippen molar-refractivity contribution in [1.82, 2.24) is 19.5 Å². The van der Waals surface area contributed by atoms with E-state index in [1.54, 1.807) is 42.1 Å². The van der Waals surface area contributed by atoms with E-state index in [1.165, 1.54) is 0 Å². The van der Waals surface area contributed by atoms with Crippen LogP contribution in [0.4, 0.5) is 4.79 Å². The minimum atomic E-state index is -1.43. The first-order chi connectivity index (χ1) is 12.9. The Morgan fingerprint density at radius 1 is 1.26 bits per heavy atom. The van der Waals surface area contributed by atoms with Gasteiger partial charge < -0.3 is 9.84 Å². The molecule has 9 heteroatoms. The summed E-state index contributed by atoms with van der Waals surface area (Å²) in [5, 5.41) is 10.1. The van der Waals surface area contributed by atoms with E-state index in [9.17, 15) is 4.79 Å². The molecule has 3 aromatic rings. The maximum Gasteiger partial charge on any atom is 0.512 e. The summed E-state index contributed by atoms with van der Waals surface area (Å²) in [7, 11) is 0. The number of aryl methyl sites for hydroxylation is 2. The molecule has 0 fully saturated rings. The molecule has 0 radical (unpaired) electrons. The number of ether oxygens (including phenoxy) is 1. The molecular formula is C18H16Cl2N4O3. The minimum absolute atomic E-state index is 0.0947. The average molecular weight is 407 g/mol. The lowest BCUT2D eigenvalue weighted by atomic mass is 10.2. The zero-order chi connectivity index (χ0) is 19.6. The first kappa shape index (κ1) is 19.1. The molecule has 2 aromatic heterocycles. The van der Waals surface area contributed by atoms with Gasteiger partial charge in [-0.3, -0.25) is 9.55 Å². The molecule has 0 aliphatic carbocycles. The maximum absolute atomic E-state index is 11.2. The molecule has 1 aromatic carbocycles. The first-order valence-electron chi connectivity index (χ1n) is 8.12. The third kappa shape index (κ3) is 4.20. The van der Waals surface area contributed by atoms with E-state index in [4.69, 9.17) is 33.0 Å². The Morgan fingerprint density at radius 2 is 2.04 bits per heavy atom. The topological polar surface area (TPSA) is 90.1 Å². The highest BCUT2D eigenvalue weighted by molar-refractivity contribution is 6.33. The summed E-state index contributed by atoms with van der Waals surface area (Å²) in [6, 6.07) is 5.07. The molecule has 2 heterocycles. The lowest BCUT2D eigenvalue weighted by Crippen LogP contribution is -2.11. The Bertz CT molecular complexity index is 1000. The molecule has 140 valence electrons. The van der Waals surface area contributed by atoms with Gasteiger partial charge in [0.1, 0.15) is 11.4 Å². The molecule has 3 rings (SSSR count). The molecule has 0 aliphatic rings. The number of rotatable bonds is 5. The monoisotopic (exact) mass is 406 g/mol. The van der Waals surface area contributed by atoms with Crippen LogP contribution in [0.2, 0.25) is 10.0 Å². The van der Waals surface area contributed by atoms with E-state index >= 15 is 0 Å². The van der Waals surface area contributed by atoms with Crippen molar-refractivity contribution in [1.29, 1.82) is 0 Å². The van der Waals surface area contributed by atoms with E-state index in [0.717, 1.165) is 5.69 Å². The highest BCUT2D eigenvalue weighted by Crippen LogP contribution is 2.30. The highest BCUT2D eigenvalue weighted by atomic mass is 35.5. The lowest BCUT2D eigenvalue weighted by Gasteiger charge is -2.12. The van der Waals surface area contributed by atoms with Crippen molar-refractivity contribution >= 4 is 29.4 Å². The van der Waals surface area contributed by atoms with Crippen molar-refractivity contribution in [2.75, 3.05) is 0 Å². The van der Waals surface area contributed by atoms with Crippen LogP contribution in [0.25, 0.3) is 11.5 Å². The summed E-state index contributed by atoms with van der Waals surface area (Å²) >= 11 is 12.4. The molecule has 27 heavy (non-hydrogen) atoms. The van der Waals surface area contributed by atoms with Gasteiger partial charge in [0, 0.05) is 16.2 Å². The van der Waals surface area contributed by atoms with E-state index in [-0.39, 0.29) is 12.4 Å². The molecule has 0 atom stereocenters. The van der Waals surface area contributed by atoms with E-state index in [2.05, 4.69) is 15.0 Å². The van der Waals surface area contributed by atoms with Crippen molar-refractivity contribution in [3.8, 4) is 17.4 Å². The number of aromatic nitrogens is 4. The quantitative estimate of drug-likeness (QED) is 0.621. The van der Waals surface area contributed by atoms with E-state index in [1.807, 2.05) is 6.92 Å². The average Bonchev–Trinajstić information content (AvgIpc) is 2.94. The lowest BCUT2D eigenvalue weighted by molar-refractivity contribution is 0.140. The molecule has 7 nitrogen and oxygen atoms in total. The van der Waals surface area contributed by atoms with Crippen LogP contribution in [0, 0.1) is 6.92 Å². The van der Waals surface area contributed by atoms with Gasteiger partial charge in [0.25, 0.3) is 0 Å². The Balaban J connectivity index is 2.16. The largest absolute Gasteiger partial charge is 0.512 e. The standard InChI is InChI=1S/C18H16Cl2N4O3/c1-3-13-7-21-8-15(23-13)16-22-10(2)17(27-18(25)26)24(16)9-11-6-12(19)4-5-14(11)20/h4-8H,3,9H2,1-2H3,(H,25,26). The van der Waals surface area contributed by atoms with Crippen LogP contribution in [0.5, 0.6) is 5.88 Å². The van der Waals surface area contributed by atoms with Crippen LogP contribution in [-0.4, -0.2) is 30.8 Å². The minimum Gasteiger partial charge on any atom is -0.449 e. The second-order valence-corrected chi connectivity index (χ2v) is 6.61. The zero-order valence-electron chi connectivity index (χ0n) is 14.6. The molecule has 1 N–H and O–H groups in total. The summed E-state index contributed by atoms with van der Waals surface area (Å²) in [6.45, 7) is 3.83. The third-order valence-corrected chi connectivity index (χ3v) is 4.48. The molecule has 0 saturated heterocycles. The van der Waals surface area contributed by atoms with Gasteiger partial charge in [0.05, 0.1) is 18.4 Å². The number of imidazole rings is 1. The number of carbonyl (C=O) groups is 1. The molecule has 0 saturated carbocycles. The van der Waals surface area contributed by atoms with Gasteiger partial charge in [-0.2, -0.15) is 0 Å². The molecule has 0 amide bonds. The first-order valence-corrected chi connectivity index (χ1v) is 8.87. The maximum atomic E-state index is 11.2. The van der Waals surface area contributed by atoms with Crippen molar-refractivity contribution in [2.45, 2.75) is 26.8 Å². The smallest absolute Gasteiger partial charge is 0.449 e. The van der Waals surface area contributed by atoms with Crippen molar-refractivity contribution < 1.29 is 14.6 Å². The van der Waals surface area contributed by atoms with Crippen LogP contribution >= 0.6 is 23.2 Å².